The lowest BCUT2D eigenvalue weighted by atomic mass is 10.3. The summed E-state index contributed by atoms with van der Waals surface area (Å²) in [6.45, 7) is 2.55. The van der Waals surface area contributed by atoms with Crippen LogP contribution in [0.15, 0.2) is 24.3 Å². The van der Waals surface area contributed by atoms with Gasteiger partial charge < -0.3 is 15.8 Å². The summed E-state index contributed by atoms with van der Waals surface area (Å²) in [5.41, 5.74) is 5.44. The molecule has 0 radical (unpaired) electrons. The van der Waals surface area contributed by atoms with Crippen molar-refractivity contribution >= 4 is 29.1 Å². The highest BCUT2D eigenvalue weighted by atomic mass is 35.5. The number of anilines is 2. The van der Waals surface area contributed by atoms with Crippen molar-refractivity contribution < 1.29 is 9.66 Å². The number of hydrogen-bond acceptors (Lipinski definition) is 7. The fourth-order valence-corrected chi connectivity index (χ4v) is 1.72. The first-order valence-corrected chi connectivity index (χ1v) is 6.37. The molecule has 9 heteroatoms. The van der Waals surface area contributed by atoms with E-state index >= 15 is 0 Å². The predicted molar refractivity (Wildman–Crippen MR) is 78.8 cm³/mol. The maximum atomic E-state index is 10.8. The molecule has 0 aliphatic rings. The number of nitrogens with one attached hydrogen (secondary N) is 1. The molecule has 2 rings (SSSR count). The van der Waals surface area contributed by atoms with Crippen molar-refractivity contribution in [3.05, 3.63) is 39.4 Å². The average Bonchev–Trinajstić information content (AvgIpc) is 2.40. The van der Waals surface area contributed by atoms with E-state index in [2.05, 4.69) is 15.3 Å². The van der Waals surface area contributed by atoms with Crippen LogP contribution in [0, 0.1) is 10.1 Å². The molecule has 0 saturated heterocycles. The van der Waals surface area contributed by atoms with Gasteiger partial charge in [0.25, 0.3) is 5.69 Å². The van der Waals surface area contributed by atoms with Crippen molar-refractivity contribution in [3.8, 4) is 11.6 Å². The minimum atomic E-state index is -0.540. The van der Waals surface area contributed by atoms with Gasteiger partial charge in [-0.05, 0) is 13.0 Å². The molecule has 0 aliphatic carbocycles. The second-order valence-corrected chi connectivity index (χ2v) is 4.36. The molecule has 1 aromatic heterocycles. The number of nitro benzene ring substituents is 1. The van der Waals surface area contributed by atoms with Crippen LogP contribution in [-0.4, -0.2) is 21.4 Å². The highest BCUT2D eigenvalue weighted by molar-refractivity contribution is 6.32. The summed E-state index contributed by atoms with van der Waals surface area (Å²) in [7, 11) is 0. The molecule has 0 spiro atoms. The maximum Gasteiger partial charge on any atom is 0.273 e. The third-order valence-corrected chi connectivity index (χ3v) is 2.73. The summed E-state index contributed by atoms with van der Waals surface area (Å²) in [4.78, 5) is 18.1. The summed E-state index contributed by atoms with van der Waals surface area (Å²) in [6.07, 6.45) is 0. The molecular weight excluding hydrogens is 298 g/mol. The number of rotatable bonds is 5. The Labute approximate surface area is 125 Å². The smallest absolute Gasteiger partial charge is 0.273 e. The number of ether oxygens (including phenoxy) is 1. The van der Waals surface area contributed by atoms with Crippen molar-refractivity contribution in [1.82, 2.24) is 9.97 Å². The molecule has 1 heterocycles. The highest BCUT2D eigenvalue weighted by Crippen LogP contribution is 2.32. The van der Waals surface area contributed by atoms with Crippen molar-refractivity contribution in [2.24, 2.45) is 0 Å². The van der Waals surface area contributed by atoms with Gasteiger partial charge in [-0.25, -0.2) is 0 Å². The molecule has 0 aliphatic heterocycles. The molecule has 1 aromatic carbocycles. The number of benzene rings is 1. The zero-order chi connectivity index (χ0) is 15.4. The van der Waals surface area contributed by atoms with Gasteiger partial charge in [0.15, 0.2) is 5.75 Å². The number of hydrogen-bond donors (Lipinski definition) is 2. The Balaban J connectivity index is 2.33. The molecule has 21 heavy (non-hydrogen) atoms. The van der Waals surface area contributed by atoms with Crippen LogP contribution in [0.25, 0.3) is 0 Å². The topological polar surface area (TPSA) is 116 Å². The van der Waals surface area contributed by atoms with Crippen LogP contribution in [-0.2, 0) is 0 Å². The second-order valence-electron chi connectivity index (χ2n) is 3.95. The minimum absolute atomic E-state index is 0.0185. The summed E-state index contributed by atoms with van der Waals surface area (Å²) in [6, 6.07) is 5.40. The average molecular weight is 310 g/mol. The molecule has 2 aromatic rings. The lowest BCUT2D eigenvalue weighted by molar-refractivity contribution is -0.384. The van der Waals surface area contributed by atoms with E-state index in [1.807, 2.05) is 6.92 Å². The molecule has 110 valence electrons. The van der Waals surface area contributed by atoms with Gasteiger partial charge in [-0.15, -0.1) is 0 Å². The third kappa shape index (κ3) is 3.69. The van der Waals surface area contributed by atoms with Gasteiger partial charge >= 0.3 is 0 Å². The standard InChI is InChI=1S/C12H12ClN5O3/c1-2-15-10-6-11(17-12(14)16-10)21-9-5-7(18(19)20)3-4-8(9)13/h3-6H,2H2,1H3,(H3,14,15,16,17). The van der Waals surface area contributed by atoms with Crippen LogP contribution in [0.1, 0.15) is 6.92 Å². The molecule has 3 N–H and O–H groups in total. The molecule has 8 nitrogen and oxygen atoms in total. The molecule has 0 fully saturated rings. The first-order valence-electron chi connectivity index (χ1n) is 6.00. The SMILES string of the molecule is CCNc1cc(Oc2cc([N+](=O)[O-])ccc2Cl)nc(N)n1. The first kappa shape index (κ1) is 14.8. The second kappa shape index (κ2) is 6.23. The predicted octanol–water partition coefficient (Wildman–Crippen LogP) is 2.84. The first-order chi connectivity index (χ1) is 9.99. The van der Waals surface area contributed by atoms with Crippen molar-refractivity contribution in [2.45, 2.75) is 6.92 Å². The number of non-ortho nitro benzene ring substituents is 1. The molecule has 0 bridgehead atoms. The Hall–Kier alpha value is -2.61. The number of nitro groups is 1. The number of nitrogen functional groups attached to an aromatic ring is 1. The van der Waals surface area contributed by atoms with Gasteiger partial charge in [-0.3, -0.25) is 10.1 Å². The van der Waals surface area contributed by atoms with Gasteiger partial charge in [0.2, 0.25) is 11.8 Å². The lowest BCUT2D eigenvalue weighted by Crippen LogP contribution is -2.04. The summed E-state index contributed by atoms with van der Waals surface area (Å²) >= 11 is 5.95. The minimum Gasteiger partial charge on any atom is -0.437 e. The summed E-state index contributed by atoms with van der Waals surface area (Å²) < 4.78 is 5.46. The molecule has 0 atom stereocenters. The number of nitrogens with zero attached hydrogens (tertiary/aromatic N) is 3. The fourth-order valence-electron chi connectivity index (χ4n) is 1.56. The van der Waals surface area contributed by atoms with E-state index in [9.17, 15) is 10.1 Å². The van der Waals surface area contributed by atoms with Gasteiger partial charge in [-0.1, -0.05) is 11.6 Å². The summed E-state index contributed by atoms with van der Waals surface area (Å²) in [5.74, 6) is 0.763. The highest BCUT2D eigenvalue weighted by Gasteiger charge is 2.13. The van der Waals surface area contributed by atoms with Crippen LogP contribution in [0.2, 0.25) is 5.02 Å². The fraction of sp³-hybridized carbons (Fsp3) is 0.167. The zero-order valence-corrected chi connectivity index (χ0v) is 11.8. The third-order valence-electron chi connectivity index (χ3n) is 2.42. The van der Waals surface area contributed by atoms with E-state index in [0.717, 1.165) is 0 Å². The van der Waals surface area contributed by atoms with Crippen LogP contribution >= 0.6 is 11.6 Å². The maximum absolute atomic E-state index is 10.8. The zero-order valence-electron chi connectivity index (χ0n) is 11.0. The van der Waals surface area contributed by atoms with Crippen LogP contribution in [0.5, 0.6) is 11.6 Å². The lowest BCUT2D eigenvalue weighted by Gasteiger charge is -2.09. The van der Waals surface area contributed by atoms with E-state index in [4.69, 9.17) is 22.1 Å². The van der Waals surface area contributed by atoms with E-state index in [0.29, 0.717) is 12.4 Å². The normalized spacial score (nSPS) is 10.2. The Morgan fingerprint density at radius 2 is 2.19 bits per heavy atom. The van der Waals surface area contributed by atoms with Gasteiger partial charge in [0, 0.05) is 18.7 Å². The number of nitrogens with two attached hydrogens (primary N) is 1. The van der Waals surface area contributed by atoms with Gasteiger partial charge in [0.1, 0.15) is 5.82 Å². The van der Waals surface area contributed by atoms with Crippen molar-refractivity contribution in [2.75, 3.05) is 17.6 Å². The van der Waals surface area contributed by atoms with Crippen LogP contribution in [0.4, 0.5) is 17.5 Å². The van der Waals surface area contributed by atoms with Crippen LogP contribution < -0.4 is 15.8 Å². The summed E-state index contributed by atoms with van der Waals surface area (Å²) in [5, 5.41) is 14.0. The quantitative estimate of drug-likeness (QED) is 0.644. The number of halogens is 1. The van der Waals surface area contributed by atoms with Gasteiger partial charge in [0.05, 0.1) is 16.0 Å². The Bertz CT molecular complexity index is 680. The Morgan fingerprint density at radius 1 is 1.43 bits per heavy atom. The molecular formula is C12H12ClN5O3. The van der Waals surface area contributed by atoms with E-state index in [1.54, 1.807) is 0 Å². The van der Waals surface area contributed by atoms with E-state index < -0.39 is 4.92 Å². The van der Waals surface area contributed by atoms with Gasteiger partial charge in [-0.2, -0.15) is 9.97 Å². The van der Waals surface area contributed by atoms with E-state index in [-0.39, 0.29) is 28.3 Å². The molecule has 0 amide bonds. The van der Waals surface area contributed by atoms with Crippen molar-refractivity contribution in [1.29, 1.82) is 0 Å². The Kier molecular flexibility index (Phi) is 4.39. The molecule has 0 saturated carbocycles. The molecule has 0 unspecified atom stereocenters. The van der Waals surface area contributed by atoms with Crippen molar-refractivity contribution in [3.63, 3.8) is 0 Å². The Morgan fingerprint density at radius 3 is 2.86 bits per heavy atom. The van der Waals surface area contributed by atoms with E-state index in [1.165, 1.54) is 24.3 Å². The largest absolute Gasteiger partial charge is 0.437 e. The number of aromatic nitrogens is 2. The van der Waals surface area contributed by atoms with Crippen LogP contribution in [0.3, 0.4) is 0 Å². The monoisotopic (exact) mass is 309 g/mol.